The Morgan fingerprint density at radius 3 is 2.75 bits per heavy atom. The average Bonchev–Trinajstić information content (AvgIpc) is 2.28. The summed E-state index contributed by atoms with van der Waals surface area (Å²) < 4.78 is 5.17. The van der Waals surface area contributed by atoms with Gasteiger partial charge in [-0.2, -0.15) is 0 Å². The summed E-state index contributed by atoms with van der Waals surface area (Å²) in [5.41, 5.74) is 5.92. The molecule has 1 rings (SSSR count). The van der Waals surface area contributed by atoms with Crippen molar-refractivity contribution in [1.29, 1.82) is 0 Å². The molecule has 0 aliphatic carbocycles. The largest absolute Gasteiger partial charge is 0.383 e. The Labute approximate surface area is 98.1 Å². The highest BCUT2D eigenvalue weighted by Crippen LogP contribution is 2.19. The zero-order valence-corrected chi connectivity index (χ0v) is 10.6. The second kappa shape index (κ2) is 6.21. The van der Waals surface area contributed by atoms with Crippen molar-refractivity contribution in [3.8, 4) is 0 Å². The maximum atomic E-state index is 12.2. The first kappa shape index (κ1) is 13.5. The molecule has 0 bridgehead atoms. The van der Waals surface area contributed by atoms with Crippen LogP contribution in [0.5, 0.6) is 0 Å². The normalized spacial score (nSPS) is 23.6. The van der Waals surface area contributed by atoms with Crippen LogP contribution in [0.3, 0.4) is 0 Å². The third kappa shape index (κ3) is 3.19. The van der Waals surface area contributed by atoms with E-state index in [0.29, 0.717) is 6.61 Å². The molecule has 16 heavy (non-hydrogen) atoms. The Balaban J connectivity index is 2.63. The van der Waals surface area contributed by atoms with Crippen LogP contribution in [0.25, 0.3) is 0 Å². The van der Waals surface area contributed by atoms with Gasteiger partial charge in [-0.05, 0) is 25.2 Å². The number of nitrogens with two attached hydrogens (primary N) is 1. The van der Waals surface area contributed by atoms with E-state index in [1.807, 2.05) is 18.7 Å². The molecule has 0 radical (unpaired) electrons. The molecule has 1 fully saturated rings. The van der Waals surface area contributed by atoms with Crippen LogP contribution in [-0.4, -0.2) is 43.2 Å². The fourth-order valence-electron chi connectivity index (χ4n) is 2.13. The van der Waals surface area contributed by atoms with Gasteiger partial charge in [0.2, 0.25) is 5.91 Å². The Morgan fingerprint density at radius 2 is 2.19 bits per heavy atom. The van der Waals surface area contributed by atoms with Crippen LogP contribution < -0.4 is 5.73 Å². The van der Waals surface area contributed by atoms with E-state index in [1.54, 1.807) is 7.11 Å². The van der Waals surface area contributed by atoms with Gasteiger partial charge >= 0.3 is 0 Å². The van der Waals surface area contributed by atoms with E-state index in [-0.39, 0.29) is 23.9 Å². The number of methoxy groups -OCH3 is 1. The number of hydrogen-bond acceptors (Lipinski definition) is 3. The van der Waals surface area contributed by atoms with Gasteiger partial charge in [0.05, 0.1) is 18.7 Å². The van der Waals surface area contributed by atoms with Gasteiger partial charge in [-0.15, -0.1) is 0 Å². The highest BCUT2D eigenvalue weighted by atomic mass is 16.5. The van der Waals surface area contributed by atoms with Crippen LogP contribution in [0, 0.1) is 5.92 Å². The lowest BCUT2D eigenvalue weighted by molar-refractivity contribution is -0.138. The summed E-state index contributed by atoms with van der Waals surface area (Å²) in [5, 5.41) is 0. The highest BCUT2D eigenvalue weighted by molar-refractivity contribution is 5.82. The van der Waals surface area contributed by atoms with Gasteiger partial charge in [-0.3, -0.25) is 4.79 Å². The van der Waals surface area contributed by atoms with Gasteiger partial charge in [0.25, 0.3) is 0 Å². The van der Waals surface area contributed by atoms with Gasteiger partial charge in [-0.25, -0.2) is 0 Å². The van der Waals surface area contributed by atoms with Crippen molar-refractivity contribution in [3.63, 3.8) is 0 Å². The van der Waals surface area contributed by atoms with Gasteiger partial charge in [0.15, 0.2) is 0 Å². The van der Waals surface area contributed by atoms with Crippen LogP contribution in [-0.2, 0) is 9.53 Å². The molecule has 4 nitrogen and oxygen atoms in total. The molecule has 0 aromatic carbocycles. The molecular formula is C12H24N2O2. The molecule has 1 saturated heterocycles. The predicted molar refractivity (Wildman–Crippen MR) is 64.0 cm³/mol. The van der Waals surface area contributed by atoms with Gasteiger partial charge in [0.1, 0.15) is 0 Å². The first-order valence-electron chi connectivity index (χ1n) is 6.13. The molecule has 2 N–H and O–H groups in total. The van der Waals surface area contributed by atoms with Crippen molar-refractivity contribution in [2.24, 2.45) is 11.7 Å². The fraction of sp³-hybridized carbons (Fsp3) is 0.917. The molecule has 4 heteroatoms. The summed E-state index contributed by atoms with van der Waals surface area (Å²) >= 11 is 0. The maximum Gasteiger partial charge on any atom is 0.240 e. The fourth-order valence-corrected chi connectivity index (χ4v) is 2.13. The Morgan fingerprint density at radius 1 is 1.50 bits per heavy atom. The molecule has 94 valence electrons. The number of rotatable bonds is 4. The van der Waals surface area contributed by atoms with Crippen molar-refractivity contribution >= 4 is 5.91 Å². The van der Waals surface area contributed by atoms with Gasteiger partial charge < -0.3 is 15.4 Å². The molecule has 1 aliphatic rings. The van der Waals surface area contributed by atoms with E-state index in [9.17, 15) is 4.79 Å². The smallest absolute Gasteiger partial charge is 0.240 e. The molecule has 2 atom stereocenters. The standard InChI is InChI=1S/C12H24N2O2/c1-9(2)11(13)12(15)14-7-5-4-6-10(14)8-16-3/h9-11H,4-8,13H2,1-3H3/t10?,11-/m0/s1. The average molecular weight is 228 g/mol. The van der Waals surface area contributed by atoms with Gasteiger partial charge in [0, 0.05) is 13.7 Å². The molecule has 0 spiro atoms. The molecule has 0 aromatic rings. The summed E-state index contributed by atoms with van der Waals surface area (Å²) in [7, 11) is 1.68. The second-order valence-corrected chi connectivity index (χ2v) is 4.91. The topological polar surface area (TPSA) is 55.6 Å². The molecule has 1 aliphatic heterocycles. The lowest BCUT2D eigenvalue weighted by Crippen LogP contribution is -2.53. The Kier molecular flexibility index (Phi) is 5.22. The Bertz CT molecular complexity index is 229. The van der Waals surface area contributed by atoms with Crippen LogP contribution in [0.2, 0.25) is 0 Å². The number of carbonyl (C=O) groups is 1. The van der Waals surface area contributed by atoms with Crippen molar-refractivity contribution in [2.75, 3.05) is 20.3 Å². The lowest BCUT2D eigenvalue weighted by atomic mass is 9.98. The minimum atomic E-state index is -0.377. The number of nitrogens with zero attached hydrogens (tertiary/aromatic N) is 1. The van der Waals surface area contributed by atoms with Crippen molar-refractivity contribution < 1.29 is 9.53 Å². The summed E-state index contributed by atoms with van der Waals surface area (Å²) in [6.45, 7) is 5.42. The first-order valence-corrected chi connectivity index (χ1v) is 6.13. The van der Waals surface area contributed by atoms with Crippen LogP contribution in [0.15, 0.2) is 0 Å². The summed E-state index contributed by atoms with van der Waals surface area (Å²) in [5.74, 6) is 0.273. The summed E-state index contributed by atoms with van der Waals surface area (Å²) in [6, 6.07) is -0.159. The molecular weight excluding hydrogens is 204 g/mol. The van der Waals surface area contributed by atoms with Gasteiger partial charge in [-0.1, -0.05) is 13.8 Å². The minimum Gasteiger partial charge on any atom is -0.383 e. The SMILES string of the molecule is COCC1CCCCN1C(=O)[C@@H](N)C(C)C. The van der Waals surface area contributed by atoms with Crippen molar-refractivity contribution in [2.45, 2.75) is 45.2 Å². The monoisotopic (exact) mass is 228 g/mol. The number of amides is 1. The van der Waals surface area contributed by atoms with Crippen molar-refractivity contribution in [1.82, 2.24) is 4.90 Å². The molecule has 1 unspecified atom stereocenters. The third-order valence-corrected chi connectivity index (χ3v) is 3.27. The van der Waals surface area contributed by atoms with Crippen LogP contribution in [0.1, 0.15) is 33.1 Å². The number of hydrogen-bond donors (Lipinski definition) is 1. The third-order valence-electron chi connectivity index (χ3n) is 3.27. The zero-order valence-electron chi connectivity index (χ0n) is 10.6. The molecule has 0 saturated carbocycles. The molecule has 0 aromatic heterocycles. The van der Waals surface area contributed by atoms with Crippen LogP contribution in [0.4, 0.5) is 0 Å². The lowest BCUT2D eigenvalue weighted by Gasteiger charge is -2.37. The predicted octanol–water partition coefficient (Wildman–Crippen LogP) is 0.997. The van der Waals surface area contributed by atoms with E-state index in [4.69, 9.17) is 10.5 Å². The van der Waals surface area contributed by atoms with E-state index >= 15 is 0 Å². The Hall–Kier alpha value is -0.610. The number of piperidine rings is 1. The van der Waals surface area contributed by atoms with Crippen molar-refractivity contribution in [3.05, 3.63) is 0 Å². The molecule has 1 heterocycles. The first-order chi connectivity index (χ1) is 7.57. The quantitative estimate of drug-likeness (QED) is 0.781. The van der Waals surface area contributed by atoms with Crippen LogP contribution >= 0.6 is 0 Å². The van der Waals surface area contributed by atoms with E-state index in [2.05, 4.69) is 0 Å². The summed E-state index contributed by atoms with van der Waals surface area (Å²) in [6.07, 6.45) is 3.29. The molecule has 1 amide bonds. The number of carbonyl (C=O) groups excluding carboxylic acids is 1. The maximum absolute atomic E-state index is 12.2. The highest BCUT2D eigenvalue weighted by Gasteiger charge is 2.30. The minimum absolute atomic E-state index is 0.0803. The number of likely N-dealkylation sites (tertiary alicyclic amines) is 1. The van der Waals surface area contributed by atoms with E-state index in [0.717, 1.165) is 19.4 Å². The zero-order chi connectivity index (χ0) is 12.1. The van der Waals surface area contributed by atoms with E-state index < -0.39 is 0 Å². The van der Waals surface area contributed by atoms with E-state index in [1.165, 1.54) is 6.42 Å². The second-order valence-electron chi connectivity index (χ2n) is 4.91. The number of ether oxygens (including phenoxy) is 1. The summed E-state index contributed by atoms with van der Waals surface area (Å²) in [4.78, 5) is 14.1.